The number of hydrogen-bond acceptors (Lipinski definition) is 6. The van der Waals surface area contributed by atoms with Crippen molar-refractivity contribution < 1.29 is 14.6 Å². The third kappa shape index (κ3) is 2.91. The highest BCUT2D eigenvalue weighted by Gasteiger charge is 2.56. The predicted octanol–water partition coefficient (Wildman–Crippen LogP) is 2.67. The number of nitrogens with one attached hydrogen (secondary N) is 1. The molecule has 0 aromatic rings. The van der Waals surface area contributed by atoms with Gasteiger partial charge in [0.1, 0.15) is 11.8 Å². The largest absolute Gasteiger partial charge is 0.388 e. The maximum absolute atomic E-state index is 10.8. The molecule has 0 saturated carbocycles. The van der Waals surface area contributed by atoms with E-state index >= 15 is 0 Å². The van der Waals surface area contributed by atoms with Crippen molar-refractivity contribution in [2.45, 2.75) is 113 Å². The van der Waals surface area contributed by atoms with E-state index in [1.165, 1.54) is 6.42 Å². The third-order valence-electron chi connectivity index (χ3n) is 7.21. The SMILES string of the molecule is CCC1C=CCCC2(CC3CCC4CC5(N=C(N2)N34)OC(C)CCC5O)O1. The van der Waals surface area contributed by atoms with Crippen LogP contribution in [0.1, 0.15) is 71.6 Å². The number of aliphatic hydroxyl groups excluding tert-OH is 1. The summed E-state index contributed by atoms with van der Waals surface area (Å²) < 4.78 is 12.9. The Labute approximate surface area is 162 Å². The number of allylic oxidation sites excluding steroid dienone is 1. The lowest BCUT2D eigenvalue weighted by molar-refractivity contribution is -0.196. The first-order chi connectivity index (χ1) is 13.0. The Morgan fingerprint density at radius 3 is 2.85 bits per heavy atom. The van der Waals surface area contributed by atoms with E-state index in [1.807, 2.05) is 0 Å². The number of aliphatic imine (C=N–C) groups is 1. The van der Waals surface area contributed by atoms with Crippen LogP contribution < -0.4 is 5.32 Å². The second-order valence-electron chi connectivity index (χ2n) is 9.15. The predicted molar refractivity (Wildman–Crippen MR) is 103 cm³/mol. The summed E-state index contributed by atoms with van der Waals surface area (Å²) in [6.45, 7) is 4.27. The van der Waals surface area contributed by atoms with Crippen LogP contribution in [0.15, 0.2) is 17.1 Å². The molecule has 5 rings (SSSR count). The highest BCUT2D eigenvalue weighted by Crippen LogP contribution is 2.46. The van der Waals surface area contributed by atoms with E-state index < -0.39 is 11.8 Å². The van der Waals surface area contributed by atoms with Crippen LogP contribution in [0.25, 0.3) is 0 Å². The molecule has 2 spiro atoms. The van der Waals surface area contributed by atoms with Crippen molar-refractivity contribution in [1.82, 2.24) is 10.2 Å². The zero-order chi connectivity index (χ0) is 18.6. The van der Waals surface area contributed by atoms with Crippen molar-refractivity contribution >= 4 is 5.96 Å². The Morgan fingerprint density at radius 1 is 1.22 bits per heavy atom. The van der Waals surface area contributed by atoms with Gasteiger partial charge in [0.05, 0.1) is 12.2 Å². The lowest BCUT2D eigenvalue weighted by Gasteiger charge is -2.54. The summed E-state index contributed by atoms with van der Waals surface area (Å²) in [7, 11) is 0. The average molecular weight is 376 g/mol. The second-order valence-corrected chi connectivity index (χ2v) is 9.15. The lowest BCUT2D eigenvalue weighted by atomic mass is 9.88. The van der Waals surface area contributed by atoms with Crippen molar-refractivity contribution in [2.75, 3.05) is 0 Å². The zero-order valence-corrected chi connectivity index (χ0v) is 16.6. The molecular formula is C21H33N3O3. The van der Waals surface area contributed by atoms with Crippen LogP contribution in [0.2, 0.25) is 0 Å². The van der Waals surface area contributed by atoms with Crippen LogP contribution in [-0.4, -0.2) is 57.8 Å². The number of aliphatic hydroxyl groups is 1. The fraction of sp³-hybridized carbons (Fsp3) is 0.857. The number of nitrogens with zero attached hydrogens (tertiary/aromatic N) is 2. The summed E-state index contributed by atoms with van der Waals surface area (Å²) in [5.41, 5.74) is -1.15. The van der Waals surface area contributed by atoms with Crippen LogP contribution in [0.5, 0.6) is 0 Å². The van der Waals surface area contributed by atoms with Crippen molar-refractivity contribution in [2.24, 2.45) is 4.99 Å². The Kier molecular flexibility index (Phi) is 4.30. The van der Waals surface area contributed by atoms with Crippen LogP contribution in [-0.2, 0) is 9.47 Å². The lowest BCUT2D eigenvalue weighted by Crippen LogP contribution is -2.69. The minimum absolute atomic E-state index is 0.141. The molecule has 0 aliphatic carbocycles. The molecule has 6 nitrogen and oxygen atoms in total. The fourth-order valence-corrected chi connectivity index (χ4v) is 5.86. The Bertz CT molecular complexity index is 653. The maximum Gasteiger partial charge on any atom is 0.199 e. The molecule has 7 atom stereocenters. The fourth-order valence-electron chi connectivity index (χ4n) is 5.86. The van der Waals surface area contributed by atoms with E-state index in [4.69, 9.17) is 14.5 Å². The van der Waals surface area contributed by atoms with Gasteiger partial charge in [0, 0.05) is 24.9 Å². The summed E-state index contributed by atoms with van der Waals surface area (Å²) in [6, 6.07) is 0.874. The summed E-state index contributed by atoms with van der Waals surface area (Å²) >= 11 is 0. The molecule has 7 unspecified atom stereocenters. The van der Waals surface area contributed by atoms with Gasteiger partial charge in [0.2, 0.25) is 0 Å². The molecular weight excluding hydrogens is 342 g/mol. The second kappa shape index (κ2) is 6.46. The van der Waals surface area contributed by atoms with Gasteiger partial charge < -0.3 is 24.8 Å². The molecule has 0 bridgehead atoms. The van der Waals surface area contributed by atoms with Gasteiger partial charge in [-0.25, -0.2) is 4.99 Å². The molecule has 5 aliphatic heterocycles. The molecule has 6 heteroatoms. The molecule has 27 heavy (non-hydrogen) atoms. The van der Waals surface area contributed by atoms with Gasteiger partial charge in [-0.15, -0.1) is 0 Å². The first-order valence-electron chi connectivity index (χ1n) is 10.9. The molecule has 0 aromatic carbocycles. The Balaban J connectivity index is 1.50. The minimum Gasteiger partial charge on any atom is -0.388 e. The van der Waals surface area contributed by atoms with Crippen molar-refractivity contribution in [3.63, 3.8) is 0 Å². The smallest absolute Gasteiger partial charge is 0.199 e. The molecule has 150 valence electrons. The zero-order valence-electron chi connectivity index (χ0n) is 16.6. The quantitative estimate of drug-likeness (QED) is 0.690. The van der Waals surface area contributed by atoms with Crippen LogP contribution >= 0.6 is 0 Å². The Hall–Kier alpha value is -1.11. The van der Waals surface area contributed by atoms with E-state index in [1.54, 1.807) is 0 Å². The van der Waals surface area contributed by atoms with Gasteiger partial charge >= 0.3 is 0 Å². The van der Waals surface area contributed by atoms with Crippen LogP contribution in [0, 0.1) is 0 Å². The topological polar surface area (TPSA) is 66.3 Å². The molecule has 3 fully saturated rings. The monoisotopic (exact) mass is 375 g/mol. The van der Waals surface area contributed by atoms with E-state index in [0.717, 1.165) is 57.3 Å². The summed E-state index contributed by atoms with van der Waals surface area (Å²) in [5.74, 6) is 0.893. The van der Waals surface area contributed by atoms with Gasteiger partial charge in [-0.3, -0.25) is 0 Å². The summed E-state index contributed by atoms with van der Waals surface area (Å²) in [4.78, 5) is 7.52. The minimum atomic E-state index is -0.790. The van der Waals surface area contributed by atoms with Crippen LogP contribution in [0.3, 0.4) is 0 Å². The molecule has 0 amide bonds. The van der Waals surface area contributed by atoms with Crippen molar-refractivity contribution in [1.29, 1.82) is 0 Å². The van der Waals surface area contributed by atoms with Gasteiger partial charge in [-0.05, 0) is 51.9 Å². The standard InChI is InChI=1S/C21H33N3O3/c1-3-17-6-4-5-11-20(27-17)12-15-8-9-16-13-21(23-19(22-20)24(15)16)18(25)10-7-14(2)26-21/h4,6,14-18,25H,3,5,7-13H2,1-2H3,(H,22,23). The number of rotatable bonds is 1. The molecule has 0 aromatic heterocycles. The molecule has 3 saturated heterocycles. The Morgan fingerprint density at radius 2 is 2.04 bits per heavy atom. The summed E-state index contributed by atoms with van der Waals surface area (Å²) in [5, 5.41) is 14.5. The van der Waals surface area contributed by atoms with E-state index in [0.29, 0.717) is 12.1 Å². The van der Waals surface area contributed by atoms with Crippen molar-refractivity contribution in [3.8, 4) is 0 Å². The van der Waals surface area contributed by atoms with E-state index in [2.05, 4.69) is 36.2 Å². The highest BCUT2D eigenvalue weighted by molar-refractivity contribution is 5.83. The first kappa shape index (κ1) is 18.0. The highest BCUT2D eigenvalue weighted by atomic mass is 16.5. The molecule has 2 N–H and O–H groups in total. The normalized spacial score (nSPS) is 48.9. The maximum atomic E-state index is 10.8. The number of ether oxygens (including phenoxy) is 2. The number of hydrogen-bond donors (Lipinski definition) is 2. The van der Waals surface area contributed by atoms with Gasteiger partial charge in [-0.1, -0.05) is 19.1 Å². The molecule has 5 aliphatic rings. The molecule has 5 heterocycles. The van der Waals surface area contributed by atoms with Gasteiger partial charge in [0.25, 0.3) is 0 Å². The van der Waals surface area contributed by atoms with Gasteiger partial charge in [0.15, 0.2) is 11.7 Å². The van der Waals surface area contributed by atoms with E-state index in [9.17, 15) is 5.11 Å². The van der Waals surface area contributed by atoms with E-state index in [-0.39, 0.29) is 17.9 Å². The third-order valence-corrected chi connectivity index (χ3v) is 7.21. The number of guanidine groups is 1. The summed E-state index contributed by atoms with van der Waals surface area (Å²) in [6.07, 6.45) is 13.0. The van der Waals surface area contributed by atoms with Gasteiger partial charge in [-0.2, -0.15) is 0 Å². The molecule has 0 radical (unpaired) electrons. The van der Waals surface area contributed by atoms with Crippen LogP contribution in [0.4, 0.5) is 0 Å². The average Bonchev–Trinajstić information content (AvgIpc) is 2.93. The van der Waals surface area contributed by atoms with Crippen molar-refractivity contribution in [3.05, 3.63) is 12.2 Å². The first-order valence-corrected chi connectivity index (χ1v) is 10.9.